The van der Waals surface area contributed by atoms with Gasteiger partial charge in [-0.25, -0.2) is 0 Å². The summed E-state index contributed by atoms with van der Waals surface area (Å²) < 4.78 is 0. The van der Waals surface area contributed by atoms with Gasteiger partial charge in [0, 0.05) is 25.4 Å². The first-order valence-electron chi connectivity index (χ1n) is 7.16. The van der Waals surface area contributed by atoms with Crippen LogP contribution in [0.1, 0.15) is 34.6 Å². The SMILES string of the molecule is C=C/C=C(\C=C/C)C(=C/C)/C(=C(/C)C=C)N(C)C.CC. The predicted octanol–water partition coefficient (Wildman–Crippen LogP) is 5.67. The molecule has 1 heteroatoms. The summed E-state index contributed by atoms with van der Waals surface area (Å²) >= 11 is 0. The molecule has 20 heavy (non-hydrogen) atoms. The Hall–Kier alpha value is -1.76. The van der Waals surface area contributed by atoms with Crippen molar-refractivity contribution in [3.05, 3.63) is 72.0 Å². The monoisotopic (exact) mass is 273 g/mol. The third-order valence-corrected chi connectivity index (χ3v) is 2.63. The van der Waals surface area contributed by atoms with Gasteiger partial charge in [-0.2, -0.15) is 0 Å². The number of nitrogens with zero attached hydrogens (tertiary/aromatic N) is 1. The molecule has 0 heterocycles. The van der Waals surface area contributed by atoms with Gasteiger partial charge in [-0.15, -0.1) is 0 Å². The standard InChI is InChI=1S/C17H25N.C2H6/c1-8-12-15(13-9-2)16(11-4)17(18(6)7)14(5)10-3;1-2/h8-13H,1,3H2,2,4-7H3;1-2H3/b13-9-,15-12+,16-11-,17-14+;. The van der Waals surface area contributed by atoms with E-state index in [1.165, 1.54) is 11.3 Å². The Labute approximate surface area is 126 Å². The quantitative estimate of drug-likeness (QED) is 0.564. The van der Waals surface area contributed by atoms with Gasteiger partial charge >= 0.3 is 0 Å². The Bertz CT molecular complexity index is 415. The molecule has 0 aromatic heterocycles. The minimum atomic E-state index is 1.15. The average molecular weight is 273 g/mol. The topological polar surface area (TPSA) is 3.24 Å². The molecule has 0 aliphatic rings. The van der Waals surface area contributed by atoms with E-state index in [4.69, 9.17) is 0 Å². The van der Waals surface area contributed by atoms with Crippen molar-refractivity contribution in [2.45, 2.75) is 34.6 Å². The minimum absolute atomic E-state index is 1.15. The second-order valence-electron chi connectivity index (χ2n) is 4.19. The van der Waals surface area contributed by atoms with E-state index in [9.17, 15) is 0 Å². The van der Waals surface area contributed by atoms with Crippen molar-refractivity contribution >= 4 is 0 Å². The molecule has 0 bridgehead atoms. The molecule has 0 radical (unpaired) electrons. The molecule has 0 unspecified atom stereocenters. The fourth-order valence-corrected chi connectivity index (χ4v) is 1.88. The largest absolute Gasteiger partial charge is 0.377 e. The van der Waals surface area contributed by atoms with Crippen LogP contribution < -0.4 is 0 Å². The van der Waals surface area contributed by atoms with E-state index in [2.05, 4.69) is 44.1 Å². The van der Waals surface area contributed by atoms with Crippen LogP contribution >= 0.6 is 0 Å². The summed E-state index contributed by atoms with van der Waals surface area (Å²) in [6.45, 7) is 17.8. The highest BCUT2D eigenvalue weighted by atomic mass is 15.1. The van der Waals surface area contributed by atoms with Crippen LogP contribution in [0.2, 0.25) is 0 Å². The lowest BCUT2D eigenvalue weighted by atomic mass is 9.97. The van der Waals surface area contributed by atoms with Gasteiger partial charge in [0.1, 0.15) is 0 Å². The molecule has 0 aliphatic carbocycles. The van der Waals surface area contributed by atoms with E-state index >= 15 is 0 Å². The van der Waals surface area contributed by atoms with Crippen LogP contribution in [-0.2, 0) is 0 Å². The van der Waals surface area contributed by atoms with Gasteiger partial charge in [-0.05, 0) is 31.9 Å². The average Bonchev–Trinajstić information content (AvgIpc) is 2.45. The summed E-state index contributed by atoms with van der Waals surface area (Å²) in [4.78, 5) is 2.12. The van der Waals surface area contributed by atoms with Crippen molar-refractivity contribution in [1.29, 1.82) is 0 Å². The zero-order chi connectivity index (χ0) is 16.1. The maximum Gasteiger partial charge on any atom is 0.0466 e. The van der Waals surface area contributed by atoms with Gasteiger partial charge < -0.3 is 4.90 Å². The first-order valence-corrected chi connectivity index (χ1v) is 7.16. The van der Waals surface area contributed by atoms with E-state index in [0.717, 1.165) is 11.1 Å². The van der Waals surface area contributed by atoms with Gasteiger partial charge in [-0.3, -0.25) is 0 Å². The lowest BCUT2D eigenvalue weighted by Crippen LogP contribution is -2.15. The van der Waals surface area contributed by atoms with Gasteiger partial charge in [0.15, 0.2) is 0 Å². The molecular weight excluding hydrogens is 242 g/mol. The molecule has 112 valence electrons. The van der Waals surface area contributed by atoms with Crippen molar-refractivity contribution in [2.24, 2.45) is 0 Å². The highest BCUT2D eigenvalue weighted by Crippen LogP contribution is 2.25. The Morgan fingerprint density at radius 1 is 1.05 bits per heavy atom. The lowest BCUT2D eigenvalue weighted by Gasteiger charge is -2.23. The predicted molar refractivity (Wildman–Crippen MR) is 94.8 cm³/mol. The Morgan fingerprint density at radius 3 is 1.90 bits per heavy atom. The zero-order valence-electron chi connectivity index (χ0n) is 14.3. The van der Waals surface area contributed by atoms with Gasteiger partial charge in [0.05, 0.1) is 0 Å². The lowest BCUT2D eigenvalue weighted by molar-refractivity contribution is 0.518. The van der Waals surface area contributed by atoms with Crippen LogP contribution in [0.25, 0.3) is 0 Å². The number of hydrogen-bond acceptors (Lipinski definition) is 1. The minimum Gasteiger partial charge on any atom is -0.377 e. The Kier molecular flexibility index (Phi) is 12.6. The fourth-order valence-electron chi connectivity index (χ4n) is 1.88. The molecule has 0 aromatic rings. The van der Waals surface area contributed by atoms with E-state index in [0.29, 0.717) is 0 Å². The Balaban J connectivity index is 0. The molecule has 0 saturated heterocycles. The summed E-state index contributed by atoms with van der Waals surface area (Å²) in [5.74, 6) is 0. The maximum absolute atomic E-state index is 3.86. The number of allylic oxidation sites excluding steroid dienone is 8. The van der Waals surface area contributed by atoms with E-state index in [-0.39, 0.29) is 0 Å². The first kappa shape index (κ1) is 20.6. The van der Waals surface area contributed by atoms with Crippen LogP contribution in [0.4, 0.5) is 0 Å². The van der Waals surface area contributed by atoms with Gasteiger partial charge in [-0.1, -0.05) is 63.5 Å². The number of likely N-dealkylation sites (N-methyl/N-ethyl adjacent to an activating group) is 1. The molecule has 0 N–H and O–H groups in total. The van der Waals surface area contributed by atoms with Crippen molar-refractivity contribution in [1.82, 2.24) is 4.90 Å². The molecule has 0 atom stereocenters. The smallest absolute Gasteiger partial charge is 0.0466 e. The second-order valence-corrected chi connectivity index (χ2v) is 4.19. The van der Waals surface area contributed by atoms with Gasteiger partial charge in [0.2, 0.25) is 0 Å². The van der Waals surface area contributed by atoms with E-state index < -0.39 is 0 Å². The molecule has 0 amide bonds. The van der Waals surface area contributed by atoms with E-state index in [1.807, 2.05) is 59.2 Å². The van der Waals surface area contributed by atoms with Crippen LogP contribution in [0, 0.1) is 0 Å². The molecule has 0 spiro atoms. The highest BCUT2D eigenvalue weighted by molar-refractivity contribution is 5.54. The molecule has 0 rings (SSSR count). The first-order chi connectivity index (χ1) is 9.53. The van der Waals surface area contributed by atoms with Crippen molar-refractivity contribution < 1.29 is 0 Å². The van der Waals surface area contributed by atoms with E-state index in [1.54, 1.807) is 0 Å². The zero-order valence-corrected chi connectivity index (χ0v) is 14.3. The van der Waals surface area contributed by atoms with Crippen LogP contribution in [0.15, 0.2) is 72.0 Å². The van der Waals surface area contributed by atoms with Crippen LogP contribution in [0.3, 0.4) is 0 Å². The second kappa shape index (κ2) is 12.3. The van der Waals surface area contributed by atoms with Crippen molar-refractivity contribution in [3.8, 4) is 0 Å². The number of rotatable bonds is 6. The molecule has 0 saturated carbocycles. The molecule has 0 aromatic carbocycles. The fraction of sp³-hybridized carbons (Fsp3) is 0.368. The maximum atomic E-state index is 3.86. The van der Waals surface area contributed by atoms with Crippen LogP contribution in [0.5, 0.6) is 0 Å². The Morgan fingerprint density at radius 2 is 1.60 bits per heavy atom. The highest BCUT2D eigenvalue weighted by Gasteiger charge is 2.11. The third kappa shape index (κ3) is 6.42. The molecule has 0 fully saturated rings. The van der Waals surface area contributed by atoms with Crippen molar-refractivity contribution in [2.75, 3.05) is 14.1 Å². The summed E-state index contributed by atoms with van der Waals surface area (Å²) in [7, 11) is 4.10. The molecule has 1 nitrogen and oxygen atoms in total. The summed E-state index contributed by atoms with van der Waals surface area (Å²) in [6, 6.07) is 0. The number of hydrogen-bond donors (Lipinski definition) is 0. The third-order valence-electron chi connectivity index (χ3n) is 2.63. The van der Waals surface area contributed by atoms with Crippen LogP contribution in [-0.4, -0.2) is 19.0 Å². The van der Waals surface area contributed by atoms with Crippen molar-refractivity contribution in [3.63, 3.8) is 0 Å². The molecular formula is C19H31N. The summed E-state index contributed by atoms with van der Waals surface area (Å²) in [5.41, 5.74) is 4.68. The summed E-state index contributed by atoms with van der Waals surface area (Å²) in [6.07, 6.45) is 12.0. The van der Waals surface area contributed by atoms with Gasteiger partial charge in [0.25, 0.3) is 0 Å². The summed E-state index contributed by atoms with van der Waals surface area (Å²) in [5, 5.41) is 0. The molecule has 0 aliphatic heterocycles. The normalized spacial score (nSPS) is 13.3.